The first-order valence-corrected chi connectivity index (χ1v) is 10.3. The number of benzene rings is 3. The van der Waals surface area contributed by atoms with Crippen LogP contribution in [0, 0.1) is 5.82 Å². The lowest BCUT2D eigenvalue weighted by Crippen LogP contribution is -2.38. The lowest BCUT2D eigenvalue weighted by atomic mass is 10.2. The number of alkyl halides is 3. The summed E-state index contributed by atoms with van der Waals surface area (Å²) in [6, 6.07) is 15.7. The minimum Gasteiger partial charge on any atom is -0.325 e. The van der Waals surface area contributed by atoms with E-state index in [2.05, 4.69) is 5.32 Å². The van der Waals surface area contributed by atoms with Gasteiger partial charge in [0, 0.05) is 5.69 Å². The topological polar surface area (TPSA) is 66.5 Å². The Balaban J connectivity index is 1.85. The second kappa shape index (κ2) is 8.76. The smallest absolute Gasteiger partial charge is 0.325 e. The van der Waals surface area contributed by atoms with Crippen molar-refractivity contribution in [1.82, 2.24) is 0 Å². The number of rotatable bonds is 6. The molecule has 3 aromatic rings. The summed E-state index contributed by atoms with van der Waals surface area (Å²) in [6.45, 7) is -0.648. The number of hydrogen-bond donors (Lipinski definition) is 1. The zero-order valence-corrected chi connectivity index (χ0v) is 16.6. The van der Waals surface area contributed by atoms with Crippen molar-refractivity contribution in [3.63, 3.8) is 0 Å². The molecule has 0 aliphatic rings. The van der Waals surface area contributed by atoms with Crippen molar-refractivity contribution in [1.29, 1.82) is 0 Å². The predicted molar refractivity (Wildman–Crippen MR) is 107 cm³/mol. The Labute approximate surface area is 176 Å². The van der Waals surface area contributed by atoms with E-state index in [1.165, 1.54) is 12.1 Å². The maximum absolute atomic E-state index is 13.2. The van der Waals surface area contributed by atoms with E-state index in [4.69, 9.17) is 0 Å². The van der Waals surface area contributed by atoms with Crippen molar-refractivity contribution in [3.8, 4) is 0 Å². The molecule has 5 nitrogen and oxygen atoms in total. The van der Waals surface area contributed by atoms with Crippen LogP contribution in [0.15, 0.2) is 83.8 Å². The molecule has 1 N–H and O–H groups in total. The Bertz CT molecular complexity index is 1150. The van der Waals surface area contributed by atoms with Gasteiger partial charge in [-0.1, -0.05) is 18.2 Å². The van der Waals surface area contributed by atoms with Crippen LogP contribution in [0.2, 0.25) is 0 Å². The molecular weight excluding hydrogens is 436 g/mol. The first kappa shape index (κ1) is 22.3. The maximum atomic E-state index is 13.2. The first-order chi connectivity index (χ1) is 14.6. The zero-order chi connectivity index (χ0) is 22.6. The molecule has 0 aliphatic carbocycles. The maximum Gasteiger partial charge on any atom is 0.416 e. The fraction of sp³-hybridized carbons (Fsp3) is 0.0952. The molecule has 31 heavy (non-hydrogen) atoms. The lowest BCUT2D eigenvalue weighted by Gasteiger charge is -2.24. The molecule has 0 spiro atoms. The van der Waals surface area contributed by atoms with Gasteiger partial charge in [-0.05, 0) is 60.7 Å². The van der Waals surface area contributed by atoms with E-state index >= 15 is 0 Å². The number of halogens is 4. The molecule has 0 unspecified atom stereocenters. The minimum atomic E-state index is -4.52. The van der Waals surface area contributed by atoms with E-state index in [1.54, 1.807) is 18.2 Å². The second-order valence-corrected chi connectivity index (χ2v) is 8.29. The minimum absolute atomic E-state index is 0.0743. The van der Waals surface area contributed by atoms with Gasteiger partial charge in [-0.15, -0.1) is 0 Å². The largest absolute Gasteiger partial charge is 0.416 e. The highest BCUT2D eigenvalue weighted by Gasteiger charge is 2.30. The van der Waals surface area contributed by atoms with Crippen molar-refractivity contribution in [3.05, 3.63) is 90.2 Å². The Morgan fingerprint density at radius 2 is 1.45 bits per heavy atom. The summed E-state index contributed by atoms with van der Waals surface area (Å²) in [4.78, 5) is 12.3. The van der Waals surface area contributed by atoms with Gasteiger partial charge in [-0.25, -0.2) is 12.8 Å². The van der Waals surface area contributed by atoms with Crippen LogP contribution < -0.4 is 9.62 Å². The van der Waals surface area contributed by atoms with Gasteiger partial charge in [0.15, 0.2) is 0 Å². The number of anilines is 2. The molecule has 0 atom stereocenters. The van der Waals surface area contributed by atoms with Gasteiger partial charge in [-0.2, -0.15) is 13.2 Å². The van der Waals surface area contributed by atoms with Crippen molar-refractivity contribution in [2.45, 2.75) is 11.1 Å². The number of hydrogen-bond acceptors (Lipinski definition) is 3. The van der Waals surface area contributed by atoms with E-state index in [9.17, 15) is 30.8 Å². The Morgan fingerprint density at radius 3 is 2.00 bits per heavy atom. The molecule has 0 aromatic heterocycles. The van der Waals surface area contributed by atoms with Crippen LogP contribution in [0.25, 0.3) is 0 Å². The lowest BCUT2D eigenvalue weighted by molar-refractivity contribution is -0.137. The molecule has 0 heterocycles. The van der Waals surface area contributed by atoms with E-state index in [-0.39, 0.29) is 16.3 Å². The molecule has 0 bridgehead atoms. The first-order valence-electron chi connectivity index (χ1n) is 8.88. The molecule has 0 saturated heterocycles. The van der Waals surface area contributed by atoms with Crippen molar-refractivity contribution in [2.75, 3.05) is 16.2 Å². The number of carbonyl (C=O) groups is 1. The van der Waals surface area contributed by atoms with Gasteiger partial charge >= 0.3 is 6.18 Å². The van der Waals surface area contributed by atoms with Crippen LogP contribution in [0.1, 0.15) is 5.56 Å². The van der Waals surface area contributed by atoms with Crippen LogP contribution in [0.5, 0.6) is 0 Å². The summed E-state index contributed by atoms with van der Waals surface area (Å²) in [5.74, 6) is -1.39. The number of nitrogens with zero attached hydrogens (tertiary/aromatic N) is 1. The fourth-order valence-corrected chi connectivity index (χ4v) is 4.14. The molecule has 162 valence electrons. The fourth-order valence-electron chi connectivity index (χ4n) is 2.72. The molecule has 0 fully saturated rings. The highest BCUT2D eigenvalue weighted by atomic mass is 32.2. The summed E-state index contributed by atoms with van der Waals surface area (Å²) in [5.41, 5.74) is -0.616. The van der Waals surface area contributed by atoms with Gasteiger partial charge in [0.1, 0.15) is 12.4 Å². The van der Waals surface area contributed by atoms with Crippen molar-refractivity contribution >= 4 is 27.3 Å². The predicted octanol–water partition coefficient (Wildman–Crippen LogP) is 4.68. The zero-order valence-electron chi connectivity index (χ0n) is 15.8. The monoisotopic (exact) mass is 452 g/mol. The van der Waals surface area contributed by atoms with E-state index in [0.29, 0.717) is 0 Å². The van der Waals surface area contributed by atoms with Crippen LogP contribution >= 0.6 is 0 Å². The summed E-state index contributed by atoms with van der Waals surface area (Å²) >= 11 is 0. The van der Waals surface area contributed by atoms with Crippen LogP contribution in [-0.4, -0.2) is 20.9 Å². The van der Waals surface area contributed by atoms with Gasteiger partial charge in [0.25, 0.3) is 10.0 Å². The van der Waals surface area contributed by atoms with Crippen LogP contribution in [0.4, 0.5) is 28.9 Å². The molecular formula is C21H16F4N2O3S. The Kier molecular flexibility index (Phi) is 6.30. The average Bonchev–Trinajstić information content (AvgIpc) is 2.72. The summed E-state index contributed by atoms with van der Waals surface area (Å²) in [6.07, 6.45) is -4.52. The molecule has 1 amide bonds. The van der Waals surface area contributed by atoms with Crippen LogP contribution in [0.3, 0.4) is 0 Å². The third kappa shape index (κ3) is 5.40. The van der Waals surface area contributed by atoms with Crippen molar-refractivity contribution in [2.24, 2.45) is 0 Å². The number of nitrogens with one attached hydrogen (secondary N) is 1. The molecule has 0 saturated carbocycles. The standard InChI is InChI=1S/C21H16F4N2O3S/c22-16-8-12-19(13-9-16)31(29,30)27(18-4-2-1-3-5-18)14-20(28)26-17-10-6-15(7-11-17)21(23,24)25/h1-13H,14H2,(H,26,28). The third-order valence-corrected chi connectivity index (χ3v) is 6.02. The summed E-state index contributed by atoms with van der Waals surface area (Å²) in [7, 11) is -4.23. The Morgan fingerprint density at radius 1 is 0.871 bits per heavy atom. The number of sulfonamides is 1. The van der Waals surface area contributed by atoms with Gasteiger partial charge in [0.2, 0.25) is 5.91 Å². The van der Waals surface area contributed by atoms with E-state index in [1.807, 2.05) is 0 Å². The quantitative estimate of drug-likeness (QED) is 0.553. The molecule has 10 heteroatoms. The highest BCUT2D eigenvalue weighted by Crippen LogP contribution is 2.30. The van der Waals surface area contributed by atoms with E-state index in [0.717, 1.165) is 52.8 Å². The number of carbonyl (C=O) groups excluding carboxylic acids is 1. The second-order valence-electron chi connectivity index (χ2n) is 6.42. The number of para-hydroxylation sites is 1. The molecule has 3 rings (SSSR count). The normalized spacial score (nSPS) is 11.7. The highest BCUT2D eigenvalue weighted by molar-refractivity contribution is 7.92. The Hall–Kier alpha value is -3.40. The third-order valence-electron chi connectivity index (χ3n) is 4.23. The average molecular weight is 452 g/mol. The van der Waals surface area contributed by atoms with E-state index < -0.39 is 40.0 Å². The molecule has 0 radical (unpaired) electrons. The van der Waals surface area contributed by atoms with Crippen molar-refractivity contribution < 1.29 is 30.8 Å². The summed E-state index contributed by atoms with van der Waals surface area (Å²) < 4.78 is 78.2. The molecule has 3 aromatic carbocycles. The van der Waals surface area contributed by atoms with Gasteiger partial charge in [0.05, 0.1) is 16.1 Å². The number of amides is 1. The van der Waals surface area contributed by atoms with Crippen LogP contribution in [-0.2, 0) is 21.0 Å². The molecule has 0 aliphatic heterocycles. The SMILES string of the molecule is O=C(CN(c1ccccc1)S(=O)(=O)c1ccc(F)cc1)Nc1ccc(C(F)(F)F)cc1. The van der Waals surface area contributed by atoms with Gasteiger partial charge < -0.3 is 5.32 Å². The summed E-state index contributed by atoms with van der Waals surface area (Å²) in [5, 5.41) is 2.38. The van der Waals surface area contributed by atoms with Gasteiger partial charge in [-0.3, -0.25) is 9.10 Å².